The number of aromatic hydroxyl groups is 1. The van der Waals surface area contributed by atoms with Crippen molar-refractivity contribution in [3.63, 3.8) is 0 Å². The van der Waals surface area contributed by atoms with Gasteiger partial charge in [0.2, 0.25) is 5.91 Å². The molecule has 0 aliphatic carbocycles. The Morgan fingerprint density at radius 1 is 1.02 bits per heavy atom. The van der Waals surface area contributed by atoms with Crippen LogP contribution in [-0.4, -0.2) is 71.8 Å². The van der Waals surface area contributed by atoms with E-state index in [0.29, 0.717) is 29.2 Å². The van der Waals surface area contributed by atoms with Crippen LogP contribution in [0.3, 0.4) is 0 Å². The molecule has 2 aromatic rings. The normalized spacial score (nSPS) is 12.5. The summed E-state index contributed by atoms with van der Waals surface area (Å²) >= 11 is 0. The lowest BCUT2D eigenvalue weighted by molar-refractivity contribution is -0.130. The van der Waals surface area contributed by atoms with Crippen LogP contribution in [0, 0.1) is 11.3 Å². The average Bonchev–Trinajstić information content (AvgIpc) is 2.91. The summed E-state index contributed by atoms with van der Waals surface area (Å²) in [4.78, 5) is 38.1. The highest BCUT2D eigenvalue weighted by Crippen LogP contribution is 2.28. The highest BCUT2D eigenvalue weighted by atomic mass is 16.6. The third kappa shape index (κ3) is 11.4. The zero-order chi connectivity index (χ0) is 30.4. The second-order valence-corrected chi connectivity index (χ2v) is 9.63. The van der Waals surface area contributed by atoms with E-state index in [4.69, 9.17) is 19.5 Å². The fourth-order valence-corrected chi connectivity index (χ4v) is 3.34. The number of nitrogens with zero attached hydrogens (tertiary/aromatic N) is 2. The van der Waals surface area contributed by atoms with Crippen LogP contribution in [0.25, 0.3) is 0 Å². The smallest absolute Gasteiger partial charge is 0.408 e. The number of nitriles is 1. The third-order valence-corrected chi connectivity index (χ3v) is 5.15. The molecule has 0 aromatic heterocycles. The number of aliphatic hydroxyl groups excluding tert-OH is 1. The minimum Gasteiger partial charge on any atom is -0.508 e. The molecule has 3 amide bonds. The van der Waals surface area contributed by atoms with Crippen molar-refractivity contribution < 1.29 is 38.8 Å². The lowest BCUT2D eigenvalue weighted by Gasteiger charge is -2.24. The van der Waals surface area contributed by atoms with E-state index in [0.717, 1.165) is 0 Å². The predicted molar refractivity (Wildman–Crippen MR) is 148 cm³/mol. The number of amides is 3. The summed E-state index contributed by atoms with van der Waals surface area (Å²) in [6, 6.07) is 10.2. The van der Waals surface area contributed by atoms with Gasteiger partial charge in [-0.3, -0.25) is 9.59 Å². The molecule has 2 aromatic carbocycles. The van der Waals surface area contributed by atoms with Crippen molar-refractivity contribution in [2.75, 3.05) is 19.8 Å². The second-order valence-electron chi connectivity index (χ2n) is 9.63. The summed E-state index contributed by atoms with van der Waals surface area (Å²) < 4.78 is 16.0. The number of hydrogen-bond donors (Lipinski definition) is 5. The van der Waals surface area contributed by atoms with Gasteiger partial charge in [0.15, 0.2) is 18.1 Å². The summed E-state index contributed by atoms with van der Waals surface area (Å²) in [5.41, 5.74) is 2.72. The van der Waals surface area contributed by atoms with E-state index in [1.807, 2.05) is 6.07 Å². The van der Waals surface area contributed by atoms with Crippen LogP contribution in [0.1, 0.15) is 38.8 Å². The molecule has 2 rings (SSSR count). The second kappa shape index (κ2) is 15.7. The Balaban J connectivity index is 2.17. The highest BCUT2D eigenvalue weighted by Gasteiger charge is 2.28. The molecular weight excluding hydrogens is 534 g/mol. The van der Waals surface area contributed by atoms with Gasteiger partial charge in [-0.2, -0.15) is 10.4 Å². The molecule has 0 heterocycles. The molecule has 2 atom stereocenters. The zero-order valence-electron chi connectivity index (χ0n) is 23.3. The number of benzene rings is 2. The number of carbonyl (C=O) groups excluding carboxylic acids is 3. The topological polar surface area (TPSA) is 192 Å². The van der Waals surface area contributed by atoms with Crippen LogP contribution in [-0.2, 0) is 20.7 Å². The van der Waals surface area contributed by atoms with Crippen LogP contribution in [0.15, 0.2) is 47.6 Å². The number of hydrogen-bond acceptors (Lipinski definition) is 10. The standard InChI is InChI=1S/C28H35N5O8/c1-5-39-24-15-19(8-11-23(24)40-13-12-29)16-30-33-26(37)21(14-18-6-9-20(35)10-7-18)31-25(36)22(17-34)32-27(38)41-28(2,3)4/h6-11,15-16,21-22,34-35H,5,13-14,17H2,1-4H3,(H,31,36)(H,32,38)(H,33,37)/b30-16-/t21-,22-/m0/s1. The number of carbonyl (C=O) groups is 3. The molecule has 13 nitrogen and oxygen atoms in total. The van der Waals surface area contributed by atoms with E-state index in [1.165, 1.54) is 18.3 Å². The molecule has 5 N–H and O–H groups in total. The third-order valence-electron chi connectivity index (χ3n) is 5.15. The van der Waals surface area contributed by atoms with Crippen molar-refractivity contribution in [2.24, 2.45) is 5.10 Å². The number of phenols is 1. The van der Waals surface area contributed by atoms with E-state index in [2.05, 4.69) is 21.2 Å². The largest absolute Gasteiger partial charge is 0.508 e. The van der Waals surface area contributed by atoms with Gasteiger partial charge in [-0.1, -0.05) is 12.1 Å². The lowest BCUT2D eigenvalue weighted by Crippen LogP contribution is -2.55. The van der Waals surface area contributed by atoms with Crippen molar-refractivity contribution in [1.82, 2.24) is 16.1 Å². The first-order valence-corrected chi connectivity index (χ1v) is 12.7. The number of aliphatic hydroxyl groups is 1. The minimum absolute atomic E-state index is 0.0113. The van der Waals surface area contributed by atoms with Crippen molar-refractivity contribution in [2.45, 2.75) is 51.8 Å². The Hall–Kier alpha value is -4.83. The van der Waals surface area contributed by atoms with E-state index < -0.39 is 42.2 Å². The number of phenolic OH excluding ortho intramolecular Hbond substituents is 1. The molecule has 0 spiro atoms. The predicted octanol–water partition coefficient (Wildman–Crippen LogP) is 1.76. The van der Waals surface area contributed by atoms with E-state index >= 15 is 0 Å². The lowest BCUT2D eigenvalue weighted by atomic mass is 10.0. The first-order chi connectivity index (χ1) is 19.4. The van der Waals surface area contributed by atoms with Gasteiger partial charge in [0, 0.05) is 6.42 Å². The molecule has 0 saturated heterocycles. The van der Waals surface area contributed by atoms with E-state index in [1.54, 1.807) is 58.0 Å². The number of nitrogens with one attached hydrogen (secondary N) is 3. The van der Waals surface area contributed by atoms with E-state index in [-0.39, 0.29) is 18.8 Å². The molecular formula is C28H35N5O8. The van der Waals surface area contributed by atoms with Crippen molar-refractivity contribution in [1.29, 1.82) is 5.26 Å². The molecule has 0 unspecified atom stereocenters. The average molecular weight is 570 g/mol. The highest BCUT2D eigenvalue weighted by molar-refractivity contribution is 5.92. The van der Waals surface area contributed by atoms with Gasteiger partial charge < -0.3 is 35.1 Å². The monoisotopic (exact) mass is 569 g/mol. The van der Waals surface area contributed by atoms with Gasteiger partial charge in [0.05, 0.1) is 19.4 Å². The molecule has 0 bridgehead atoms. The number of alkyl carbamates (subject to hydrolysis) is 1. The SMILES string of the molecule is CCOc1cc(/C=N\NC(=O)[C@H](Cc2ccc(O)cc2)NC(=O)[C@H](CO)NC(=O)OC(C)(C)C)ccc1OCC#N. The van der Waals surface area contributed by atoms with Crippen LogP contribution < -0.4 is 25.5 Å². The molecule has 13 heteroatoms. The fraction of sp³-hybridized carbons (Fsp3) is 0.393. The maximum Gasteiger partial charge on any atom is 0.408 e. The minimum atomic E-state index is -1.39. The fourth-order valence-electron chi connectivity index (χ4n) is 3.34. The van der Waals surface area contributed by atoms with Crippen LogP contribution >= 0.6 is 0 Å². The molecule has 0 aliphatic heterocycles. The van der Waals surface area contributed by atoms with E-state index in [9.17, 15) is 24.6 Å². The van der Waals surface area contributed by atoms with Crippen molar-refractivity contribution in [3.05, 3.63) is 53.6 Å². The van der Waals surface area contributed by atoms with Gasteiger partial charge in [-0.05, 0) is 69.2 Å². The maximum atomic E-state index is 13.1. The van der Waals surface area contributed by atoms with Gasteiger partial charge >= 0.3 is 6.09 Å². The molecule has 41 heavy (non-hydrogen) atoms. The van der Waals surface area contributed by atoms with Gasteiger partial charge in [0.1, 0.15) is 29.5 Å². The molecule has 0 saturated carbocycles. The quantitative estimate of drug-likeness (QED) is 0.177. The number of hydrazone groups is 1. The Morgan fingerprint density at radius 2 is 1.73 bits per heavy atom. The van der Waals surface area contributed by atoms with Crippen LogP contribution in [0.4, 0.5) is 4.79 Å². The van der Waals surface area contributed by atoms with Gasteiger partial charge in [0.25, 0.3) is 5.91 Å². The number of ether oxygens (including phenoxy) is 3. The first-order valence-electron chi connectivity index (χ1n) is 12.7. The van der Waals surface area contributed by atoms with Crippen molar-refractivity contribution in [3.8, 4) is 23.3 Å². The molecule has 0 radical (unpaired) electrons. The Kier molecular flexibility index (Phi) is 12.4. The van der Waals surface area contributed by atoms with Crippen molar-refractivity contribution >= 4 is 24.1 Å². The summed E-state index contributed by atoms with van der Waals surface area (Å²) in [5, 5.41) is 36.8. The zero-order valence-corrected chi connectivity index (χ0v) is 23.3. The summed E-state index contributed by atoms with van der Waals surface area (Å²) in [6.07, 6.45) is 0.456. The van der Waals surface area contributed by atoms with Gasteiger partial charge in [-0.25, -0.2) is 10.2 Å². The van der Waals surface area contributed by atoms with Crippen LogP contribution in [0.5, 0.6) is 17.2 Å². The Bertz CT molecular complexity index is 1250. The molecule has 0 fully saturated rings. The van der Waals surface area contributed by atoms with Crippen LogP contribution in [0.2, 0.25) is 0 Å². The Morgan fingerprint density at radius 3 is 2.34 bits per heavy atom. The van der Waals surface area contributed by atoms with Gasteiger partial charge in [-0.15, -0.1) is 0 Å². The Labute approximate surface area is 238 Å². The maximum absolute atomic E-state index is 13.1. The summed E-state index contributed by atoms with van der Waals surface area (Å²) in [7, 11) is 0. The number of rotatable bonds is 13. The molecule has 0 aliphatic rings. The molecule has 220 valence electrons. The summed E-state index contributed by atoms with van der Waals surface area (Å²) in [6.45, 7) is 6.20. The first kappa shape index (κ1) is 32.4. The summed E-state index contributed by atoms with van der Waals surface area (Å²) in [5.74, 6) is -0.709.